The summed E-state index contributed by atoms with van der Waals surface area (Å²) >= 11 is 3.54. The fourth-order valence-corrected chi connectivity index (χ4v) is 7.43. The molecule has 2 aromatic heterocycles. The van der Waals surface area contributed by atoms with Crippen LogP contribution in [0.4, 0.5) is 28.8 Å². The van der Waals surface area contributed by atoms with Gasteiger partial charge in [-0.3, -0.25) is 14.9 Å². The smallest absolute Gasteiger partial charge is 0.229 e. The van der Waals surface area contributed by atoms with Gasteiger partial charge in [-0.1, -0.05) is 0 Å². The van der Waals surface area contributed by atoms with Crippen LogP contribution in [-0.2, 0) is 15.6 Å². The van der Waals surface area contributed by atoms with E-state index in [0.29, 0.717) is 50.3 Å². The molecule has 0 aliphatic carbocycles. The van der Waals surface area contributed by atoms with Gasteiger partial charge >= 0.3 is 0 Å². The number of ether oxygens (including phenoxy) is 1. The molecule has 6 rings (SSSR count). The third kappa shape index (κ3) is 7.35. The summed E-state index contributed by atoms with van der Waals surface area (Å²) < 4.78 is 31.1. The van der Waals surface area contributed by atoms with E-state index in [-0.39, 0.29) is 5.75 Å². The molecule has 2 saturated heterocycles. The lowest BCUT2D eigenvalue weighted by molar-refractivity contribution is 0.0982. The average molecular weight is 711 g/mol. The Morgan fingerprint density at radius 1 is 0.978 bits per heavy atom. The first kappa shape index (κ1) is 32.4. The Balaban J connectivity index is 1.20. The first-order valence-corrected chi connectivity index (χ1v) is 18.3. The van der Waals surface area contributed by atoms with Gasteiger partial charge in [0.2, 0.25) is 5.95 Å². The number of nitrogens with one attached hydrogen (secondary N) is 2. The van der Waals surface area contributed by atoms with E-state index in [0.717, 1.165) is 63.4 Å². The number of fused-ring (bicyclic) bond motifs is 1. The Morgan fingerprint density at radius 2 is 1.72 bits per heavy atom. The van der Waals surface area contributed by atoms with Crippen molar-refractivity contribution in [1.29, 1.82) is 0 Å². The number of hydrogen-bond donors (Lipinski definition) is 2. The largest absolute Gasteiger partial charge is 0.494 e. The molecule has 2 aromatic carbocycles. The highest BCUT2D eigenvalue weighted by Crippen LogP contribution is 2.37. The van der Waals surface area contributed by atoms with Crippen LogP contribution in [0.25, 0.3) is 11.0 Å². The van der Waals surface area contributed by atoms with Gasteiger partial charge in [0.05, 0.1) is 34.1 Å². The molecule has 4 heterocycles. The number of nitrogens with zero attached hydrogens (tertiary/aromatic N) is 7. The molecular formula is C32H40BrN9O3S. The quantitative estimate of drug-likeness (QED) is 0.249. The van der Waals surface area contributed by atoms with Crippen LogP contribution in [-0.4, -0.2) is 104 Å². The minimum absolute atomic E-state index is 0.199. The number of anilines is 5. The number of aromatic nitrogens is 4. The summed E-state index contributed by atoms with van der Waals surface area (Å²) in [6.07, 6.45) is 8.29. The van der Waals surface area contributed by atoms with E-state index < -0.39 is 9.84 Å². The van der Waals surface area contributed by atoms with Crippen LogP contribution in [0.5, 0.6) is 5.75 Å². The summed E-state index contributed by atoms with van der Waals surface area (Å²) in [6, 6.07) is 8.41. The fraction of sp³-hybridized carbons (Fsp3) is 0.438. The Morgan fingerprint density at radius 3 is 2.43 bits per heavy atom. The minimum Gasteiger partial charge on any atom is -0.494 e. The molecule has 0 amide bonds. The van der Waals surface area contributed by atoms with Crippen LogP contribution in [0.3, 0.4) is 0 Å². The fourth-order valence-electron chi connectivity index (χ4n) is 6.33. The van der Waals surface area contributed by atoms with Gasteiger partial charge in [-0.15, -0.1) is 0 Å². The highest BCUT2D eigenvalue weighted by atomic mass is 79.9. The maximum Gasteiger partial charge on any atom is 0.229 e. The second-order valence-corrected chi connectivity index (χ2v) is 15.1. The lowest BCUT2D eigenvalue weighted by Gasteiger charge is -2.43. The van der Waals surface area contributed by atoms with Gasteiger partial charge in [0.25, 0.3) is 0 Å². The molecule has 2 N–H and O–H groups in total. The van der Waals surface area contributed by atoms with E-state index in [1.54, 1.807) is 37.8 Å². The van der Waals surface area contributed by atoms with E-state index in [1.807, 2.05) is 0 Å². The molecule has 2 fully saturated rings. The van der Waals surface area contributed by atoms with Crippen molar-refractivity contribution in [2.45, 2.75) is 31.6 Å². The summed E-state index contributed by atoms with van der Waals surface area (Å²) in [4.78, 5) is 25.5. The van der Waals surface area contributed by atoms with Crippen molar-refractivity contribution in [3.63, 3.8) is 0 Å². The van der Waals surface area contributed by atoms with Crippen molar-refractivity contribution >= 4 is 65.6 Å². The third-order valence-electron chi connectivity index (χ3n) is 8.77. The monoisotopic (exact) mass is 709 g/mol. The number of sulfone groups is 1. The normalized spacial score (nSPS) is 16.9. The molecule has 0 unspecified atom stereocenters. The molecule has 0 bridgehead atoms. The Hall–Kier alpha value is -3.59. The van der Waals surface area contributed by atoms with Crippen molar-refractivity contribution in [2.75, 3.05) is 75.2 Å². The molecule has 12 nitrogen and oxygen atoms in total. The van der Waals surface area contributed by atoms with Crippen molar-refractivity contribution in [1.82, 2.24) is 29.7 Å². The van der Waals surface area contributed by atoms with E-state index in [1.165, 1.54) is 11.9 Å². The number of piperazine rings is 1. The van der Waals surface area contributed by atoms with Crippen molar-refractivity contribution in [3.8, 4) is 5.75 Å². The van der Waals surface area contributed by atoms with E-state index in [2.05, 4.69) is 82.3 Å². The number of piperidine rings is 1. The van der Waals surface area contributed by atoms with Gasteiger partial charge in [-0.05, 0) is 66.5 Å². The molecule has 0 atom stereocenters. The van der Waals surface area contributed by atoms with Gasteiger partial charge in [-0.25, -0.2) is 13.4 Å². The second kappa shape index (κ2) is 13.6. The average Bonchev–Trinajstić information content (AvgIpc) is 3.04. The molecule has 46 heavy (non-hydrogen) atoms. The summed E-state index contributed by atoms with van der Waals surface area (Å²) in [5, 5.41) is 6.62. The zero-order chi connectivity index (χ0) is 32.4. The molecule has 14 heteroatoms. The van der Waals surface area contributed by atoms with Crippen LogP contribution >= 0.6 is 15.9 Å². The van der Waals surface area contributed by atoms with E-state index >= 15 is 0 Å². The SMILES string of the molecule is COc1cc(N2CCC(N3CCN(C)CC3)CC2)c(C)cc1Nc1ncc(Br)c(Nc2ccc3nccnc3c2CS(C)(=O)=O)n1. The zero-order valence-electron chi connectivity index (χ0n) is 26.6. The minimum atomic E-state index is -3.36. The van der Waals surface area contributed by atoms with Gasteiger partial charge in [-0.2, -0.15) is 4.98 Å². The number of aryl methyl sites for hydroxylation is 1. The zero-order valence-corrected chi connectivity index (χ0v) is 29.0. The second-order valence-electron chi connectivity index (χ2n) is 12.1. The Labute approximate surface area is 278 Å². The maximum atomic E-state index is 12.3. The summed E-state index contributed by atoms with van der Waals surface area (Å²) in [6.45, 7) is 8.75. The van der Waals surface area contributed by atoms with Gasteiger partial charge in [0, 0.05) is 93.2 Å². The molecule has 0 radical (unpaired) electrons. The molecule has 0 spiro atoms. The first-order chi connectivity index (χ1) is 22.1. The van der Waals surface area contributed by atoms with Crippen molar-refractivity contribution < 1.29 is 13.2 Å². The Kier molecular flexibility index (Phi) is 9.59. The first-order valence-electron chi connectivity index (χ1n) is 15.4. The number of halogens is 1. The molecule has 244 valence electrons. The van der Waals surface area contributed by atoms with E-state index in [9.17, 15) is 8.42 Å². The molecular weight excluding hydrogens is 670 g/mol. The third-order valence-corrected chi connectivity index (χ3v) is 10.2. The standard InChI is InChI=1S/C32H40BrN9O3S/c1-21-17-27(29(45-3)18-28(21)42-11-7-22(8-12-42)41-15-13-40(2)14-16-41)38-32-36-19-24(33)31(39-32)37-25-5-6-26-30(35-10-9-34-26)23(25)20-46(4,43)44/h5-6,9-10,17-19,22H,7-8,11-16,20H2,1-4H3,(H2,36,37,38,39). The lowest BCUT2D eigenvalue weighted by Crippen LogP contribution is -2.52. The van der Waals surface area contributed by atoms with Gasteiger partial charge < -0.3 is 25.2 Å². The highest BCUT2D eigenvalue weighted by molar-refractivity contribution is 9.10. The number of likely N-dealkylation sites (N-methyl/N-ethyl adjacent to an activating group) is 1. The number of methoxy groups -OCH3 is 1. The van der Waals surface area contributed by atoms with Crippen molar-refractivity contribution in [3.05, 3.63) is 58.5 Å². The summed E-state index contributed by atoms with van der Waals surface area (Å²) in [5.41, 5.74) is 5.29. The summed E-state index contributed by atoms with van der Waals surface area (Å²) in [5.74, 6) is 1.32. The molecule has 4 aromatic rings. The molecule has 0 saturated carbocycles. The van der Waals surface area contributed by atoms with Crippen LogP contribution < -0.4 is 20.3 Å². The Bertz CT molecular complexity index is 1830. The predicted molar refractivity (Wildman–Crippen MR) is 186 cm³/mol. The van der Waals surface area contributed by atoms with Crippen LogP contribution in [0.2, 0.25) is 0 Å². The molecule has 2 aliphatic rings. The topological polar surface area (TPSA) is 129 Å². The lowest BCUT2D eigenvalue weighted by atomic mass is 10.0. The van der Waals surface area contributed by atoms with Crippen LogP contribution in [0, 0.1) is 6.92 Å². The predicted octanol–water partition coefficient (Wildman–Crippen LogP) is 4.75. The number of benzene rings is 2. The summed E-state index contributed by atoms with van der Waals surface area (Å²) in [7, 11) is 0.509. The van der Waals surface area contributed by atoms with Crippen LogP contribution in [0.1, 0.15) is 24.0 Å². The van der Waals surface area contributed by atoms with Crippen LogP contribution in [0.15, 0.2) is 47.3 Å². The highest BCUT2D eigenvalue weighted by Gasteiger charge is 2.28. The van der Waals surface area contributed by atoms with Crippen molar-refractivity contribution in [2.24, 2.45) is 0 Å². The maximum absolute atomic E-state index is 12.3. The number of rotatable bonds is 9. The number of hydrogen-bond acceptors (Lipinski definition) is 12. The molecule has 2 aliphatic heterocycles. The van der Waals surface area contributed by atoms with E-state index in [4.69, 9.17) is 9.72 Å². The van der Waals surface area contributed by atoms with Gasteiger partial charge in [0.1, 0.15) is 11.6 Å². The van der Waals surface area contributed by atoms with Gasteiger partial charge in [0.15, 0.2) is 9.84 Å².